The predicted octanol–water partition coefficient (Wildman–Crippen LogP) is 6.77. The molecule has 1 N–H and O–H groups in total. The maximum Gasteiger partial charge on any atom is 0.275 e. The van der Waals surface area contributed by atoms with E-state index in [0.717, 1.165) is 54.2 Å². The molecule has 7 heteroatoms. The van der Waals surface area contributed by atoms with Gasteiger partial charge in [-0.15, -0.1) is 22.7 Å². The number of carbonyl (C=O) groups excluding carboxylic acids is 2. The number of para-hydroxylation sites is 1. The molecule has 2 amide bonds. The van der Waals surface area contributed by atoms with Crippen molar-refractivity contribution >= 4 is 40.2 Å². The number of aryl methyl sites for hydroxylation is 2. The molecule has 0 saturated carbocycles. The van der Waals surface area contributed by atoms with Gasteiger partial charge in [0.25, 0.3) is 5.91 Å². The summed E-state index contributed by atoms with van der Waals surface area (Å²) in [6, 6.07) is 20.2. The van der Waals surface area contributed by atoms with E-state index >= 15 is 0 Å². The van der Waals surface area contributed by atoms with Crippen molar-refractivity contribution in [1.29, 1.82) is 0 Å². The summed E-state index contributed by atoms with van der Waals surface area (Å²) in [5.41, 5.74) is 4.46. The average molecular weight is 516 g/mol. The second-order valence-electron chi connectivity index (χ2n) is 9.17. The monoisotopic (exact) mass is 515 g/mol. The van der Waals surface area contributed by atoms with Crippen LogP contribution in [0.3, 0.4) is 0 Å². The molecule has 1 saturated heterocycles. The van der Waals surface area contributed by atoms with Gasteiger partial charge in [0.2, 0.25) is 5.91 Å². The molecule has 0 unspecified atom stereocenters. The van der Waals surface area contributed by atoms with E-state index in [-0.39, 0.29) is 17.7 Å². The van der Waals surface area contributed by atoms with Crippen LogP contribution < -0.4 is 5.32 Å². The summed E-state index contributed by atoms with van der Waals surface area (Å²) in [4.78, 5) is 33.6. The maximum absolute atomic E-state index is 13.0. The van der Waals surface area contributed by atoms with Gasteiger partial charge >= 0.3 is 0 Å². The molecule has 36 heavy (non-hydrogen) atoms. The lowest BCUT2D eigenvalue weighted by atomic mass is 9.97. The Kier molecular flexibility index (Phi) is 7.58. The zero-order valence-corrected chi connectivity index (χ0v) is 21.9. The topological polar surface area (TPSA) is 62.3 Å². The Morgan fingerprint density at radius 2 is 1.78 bits per heavy atom. The van der Waals surface area contributed by atoms with Crippen LogP contribution in [0.2, 0.25) is 0 Å². The van der Waals surface area contributed by atoms with Gasteiger partial charge in [-0.25, -0.2) is 4.98 Å². The molecule has 0 bridgehead atoms. The Morgan fingerprint density at radius 3 is 2.53 bits per heavy atom. The highest BCUT2D eigenvalue weighted by Gasteiger charge is 2.26. The van der Waals surface area contributed by atoms with E-state index < -0.39 is 0 Å². The molecular weight excluding hydrogens is 486 g/mol. The van der Waals surface area contributed by atoms with Crippen molar-refractivity contribution < 1.29 is 9.59 Å². The van der Waals surface area contributed by atoms with E-state index in [0.29, 0.717) is 12.1 Å². The molecule has 5 nitrogen and oxygen atoms in total. The quantitative estimate of drug-likeness (QED) is 0.295. The Bertz CT molecular complexity index is 1320. The lowest BCUT2D eigenvalue weighted by Gasteiger charge is -2.31. The van der Waals surface area contributed by atoms with Crippen LogP contribution in [0.25, 0.3) is 11.1 Å². The summed E-state index contributed by atoms with van der Waals surface area (Å²) in [6.45, 7) is 3.56. The number of thiazole rings is 1. The van der Waals surface area contributed by atoms with E-state index in [1.807, 2.05) is 40.6 Å². The van der Waals surface area contributed by atoms with Gasteiger partial charge in [-0.2, -0.15) is 0 Å². The fourth-order valence-corrected chi connectivity index (χ4v) is 6.24. The smallest absolute Gasteiger partial charge is 0.275 e. The van der Waals surface area contributed by atoms with Crippen LogP contribution in [0.5, 0.6) is 0 Å². The van der Waals surface area contributed by atoms with E-state index in [2.05, 4.69) is 52.9 Å². The molecule has 1 aliphatic rings. The van der Waals surface area contributed by atoms with Crippen LogP contribution in [0.1, 0.15) is 51.1 Å². The van der Waals surface area contributed by atoms with Crippen LogP contribution in [0.4, 0.5) is 5.69 Å². The minimum Gasteiger partial charge on any atom is -0.343 e. The molecule has 184 valence electrons. The van der Waals surface area contributed by atoms with Crippen LogP contribution in [-0.2, 0) is 11.2 Å². The molecule has 1 aliphatic heterocycles. The Hall–Kier alpha value is -3.29. The van der Waals surface area contributed by atoms with E-state index in [4.69, 9.17) is 0 Å². The van der Waals surface area contributed by atoms with Crippen LogP contribution in [0, 0.1) is 6.92 Å². The molecule has 2 aromatic heterocycles. The lowest BCUT2D eigenvalue weighted by molar-refractivity contribution is -0.132. The molecule has 0 spiro atoms. The summed E-state index contributed by atoms with van der Waals surface area (Å²) in [5, 5.41) is 7.94. The normalized spacial score (nSPS) is 14.1. The largest absolute Gasteiger partial charge is 0.343 e. The van der Waals surface area contributed by atoms with Crippen LogP contribution in [0.15, 0.2) is 71.4 Å². The summed E-state index contributed by atoms with van der Waals surface area (Å²) >= 11 is 3.25. The summed E-state index contributed by atoms with van der Waals surface area (Å²) in [7, 11) is 0. The van der Waals surface area contributed by atoms with Gasteiger partial charge in [0.05, 0.1) is 5.01 Å². The Labute approximate surface area is 219 Å². The molecule has 0 aliphatic carbocycles. The van der Waals surface area contributed by atoms with Crippen molar-refractivity contribution in [2.24, 2.45) is 0 Å². The number of nitrogens with zero attached hydrogens (tertiary/aromatic N) is 2. The third-order valence-electron chi connectivity index (χ3n) is 6.65. The molecule has 0 atom stereocenters. The second-order valence-corrected chi connectivity index (χ2v) is 11.1. The van der Waals surface area contributed by atoms with E-state index in [1.54, 1.807) is 22.7 Å². The molecular formula is C29H29N3O2S2. The third kappa shape index (κ3) is 5.74. The molecule has 0 radical (unpaired) electrons. The van der Waals surface area contributed by atoms with Crippen molar-refractivity contribution in [3.8, 4) is 11.1 Å². The molecule has 4 aromatic rings. The second kappa shape index (κ2) is 11.2. The molecule has 5 rings (SSSR count). The van der Waals surface area contributed by atoms with Gasteiger partial charge in [-0.1, -0.05) is 54.1 Å². The number of anilines is 1. The number of carbonyl (C=O) groups is 2. The zero-order chi connectivity index (χ0) is 24.9. The number of piperidine rings is 1. The number of thiophene rings is 1. The summed E-state index contributed by atoms with van der Waals surface area (Å²) < 4.78 is 0. The van der Waals surface area contributed by atoms with Gasteiger partial charge in [-0.3, -0.25) is 9.59 Å². The fourth-order valence-electron chi connectivity index (χ4n) is 4.56. The number of hydrogen-bond donors (Lipinski definition) is 1. The molecule has 1 fully saturated rings. The van der Waals surface area contributed by atoms with Gasteiger partial charge in [0.1, 0.15) is 5.69 Å². The van der Waals surface area contributed by atoms with Gasteiger partial charge in [0, 0.05) is 46.9 Å². The van der Waals surface area contributed by atoms with Crippen molar-refractivity contribution in [3.05, 3.63) is 92.6 Å². The van der Waals surface area contributed by atoms with Crippen LogP contribution >= 0.6 is 22.7 Å². The van der Waals surface area contributed by atoms with Crippen molar-refractivity contribution in [3.63, 3.8) is 0 Å². The maximum atomic E-state index is 13.0. The average Bonchev–Trinajstić information content (AvgIpc) is 3.61. The first-order valence-corrected chi connectivity index (χ1v) is 14.1. The number of amides is 2. The number of benzene rings is 2. The molecule has 3 heterocycles. The summed E-state index contributed by atoms with van der Waals surface area (Å²) in [5.74, 6) is 0.323. The number of likely N-dealkylation sites (tertiary alicyclic amines) is 1. The number of aromatic nitrogens is 1. The van der Waals surface area contributed by atoms with Crippen molar-refractivity contribution in [1.82, 2.24) is 9.88 Å². The van der Waals surface area contributed by atoms with Crippen molar-refractivity contribution in [2.45, 2.75) is 38.5 Å². The summed E-state index contributed by atoms with van der Waals surface area (Å²) in [6.07, 6.45) is 3.15. The van der Waals surface area contributed by atoms with Crippen molar-refractivity contribution in [2.75, 3.05) is 18.4 Å². The predicted molar refractivity (Wildman–Crippen MR) is 148 cm³/mol. The SMILES string of the molecule is Cc1ccc(-c2ccccc2NC(=O)c2csc(C3CCN(C(=O)CCc4cccs4)CC3)n2)cc1. The van der Waals surface area contributed by atoms with Crippen LogP contribution in [-0.4, -0.2) is 34.8 Å². The first kappa shape index (κ1) is 24.4. The molecule has 2 aromatic carbocycles. The highest BCUT2D eigenvalue weighted by Crippen LogP contribution is 2.32. The lowest BCUT2D eigenvalue weighted by Crippen LogP contribution is -2.38. The zero-order valence-electron chi connectivity index (χ0n) is 20.3. The van der Waals surface area contributed by atoms with Gasteiger partial charge in [0.15, 0.2) is 0 Å². The minimum absolute atomic E-state index is 0.196. The highest BCUT2D eigenvalue weighted by molar-refractivity contribution is 7.10. The first-order chi connectivity index (χ1) is 17.6. The van der Waals surface area contributed by atoms with E-state index in [1.165, 1.54) is 10.4 Å². The van der Waals surface area contributed by atoms with Gasteiger partial charge < -0.3 is 10.2 Å². The van der Waals surface area contributed by atoms with E-state index in [9.17, 15) is 9.59 Å². The highest BCUT2D eigenvalue weighted by atomic mass is 32.1. The number of rotatable bonds is 7. The first-order valence-electron chi connectivity index (χ1n) is 12.3. The standard InChI is InChI=1S/C29H29N3O2S2/c1-20-8-10-21(11-9-20)24-6-2-3-7-25(24)30-28(34)26-19-36-29(31-26)22-14-16-32(17-15-22)27(33)13-12-23-5-4-18-35-23/h2-11,18-19,22H,12-17H2,1H3,(H,30,34). The van der Waals surface area contributed by atoms with Gasteiger partial charge in [-0.05, 0) is 49.3 Å². The number of hydrogen-bond acceptors (Lipinski definition) is 5. The Balaban J connectivity index is 1.18. The number of nitrogens with one attached hydrogen (secondary N) is 1. The third-order valence-corrected chi connectivity index (χ3v) is 8.60. The Morgan fingerprint density at radius 1 is 1.00 bits per heavy atom. The minimum atomic E-state index is -0.196. The fraction of sp³-hybridized carbons (Fsp3) is 0.276.